The third-order valence-corrected chi connectivity index (χ3v) is 9.83. The van der Waals surface area contributed by atoms with Crippen LogP contribution in [0.5, 0.6) is 0 Å². The molecule has 0 saturated carbocycles. The minimum absolute atomic E-state index is 0.0575. The lowest BCUT2D eigenvalue weighted by Crippen LogP contribution is -2.37. The fourth-order valence-corrected chi connectivity index (χ4v) is 7.45. The first kappa shape index (κ1) is 24.5. The molecule has 0 atom stereocenters. The third kappa shape index (κ3) is 4.76. The largest absolute Gasteiger partial charge is 0.280 e. The third-order valence-electron chi connectivity index (χ3n) is 6.10. The average molecular weight is 543 g/mol. The van der Waals surface area contributed by atoms with Crippen LogP contribution in [0.2, 0.25) is 5.02 Å². The van der Waals surface area contributed by atoms with Gasteiger partial charge in [-0.05, 0) is 73.9 Å². The predicted octanol–water partition coefficient (Wildman–Crippen LogP) is 4.99. The van der Waals surface area contributed by atoms with E-state index in [1.54, 1.807) is 24.5 Å². The van der Waals surface area contributed by atoms with E-state index in [1.807, 2.05) is 31.2 Å². The van der Waals surface area contributed by atoms with Gasteiger partial charge in [0.2, 0.25) is 10.0 Å². The Morgan fingerprint density at radius 3 is 2.64 bits per heavy atom. The second-order valence-electron chi connectivity index (χ2n) is 8.61. The normalized spacial score (nSPS) is 15.7. The minimum atomic E-state index is -4.05. The standard InChI is InChI=1S/C25H23ClN4O4S2/c1-17-4-6-19(14-21(17)24-8-5-18-16-27-11-10-23(18)28-24)29-36(33,34)25-9-7-20(15-22(25)26)30-12-2-3-13-35(30,31)32/h4-11,14-16,29H,2-3,12-13H2,1H3. The first-order valence-corrected chi connectivity index (χ1v) is 14.8. The van der Waals surface area contributed by atoms with Crippen LogP contribution < -0.4 is 9.03 Å². The van der Waals surface area contributed by atoms with Gasteiger partial charge in [0.15, 0.2) is 0 Å². The van der Waals surface area contributed by atoms with Crippen molar-refractivity contribution >= 4 is 53.9 Å². The second kappa shape index (κ2) is 9.34. The van der Waals surface area contributed by atoms with Crippen molar-refractivity contribution in [3.05, 3.63) is 77.6 Å². The Hall–Kier alpha value is -3.21. The van der Waals surface area contributed by atoms with E-state index in [9.17, 15) is 16.8 Å². The van der Waals surface area contributed by atoms with Crippen molar-refractivity contribution in [2.75, 3.05) is 21.3 Å². The molecule has 11 heteroatoms. The zero-order chi connectivity index (χ0) is 25.5. The summed E-state index contributed by atoms with van der Waals surface area (Å²) in [6.45, 7) is 2.27. The van der Waals surface area contributed by atoms with E-state index in [0.717, 1.165) is 28.5 Å². The zero-order valence-corrected chi connectivity index (χ0v) is 21.7. The molecular formula is C25H23ClN4O4S2. The summed E-state index contributed by atoms with van der Waals surface area (Å²) in [4.78, 5) is 8.65. The van der Waals surface area contributed by atoms with Crippen LogP contribution in [0.3, 0.4) is 0 Å². The van der Waals surface area contributed by atoms with Crippen LogP contribution in [0.4, 0.5) is 11.4 Å². The molecule has 1 N–H and O–H groups in total. The smallest absolute Gasteiger partial charge is 0.263 e. The number of fused-ring (bicyclic) bond motifs is 1. The predicted molar refractivity (Wildman–Crippen MR) is 142 cm³/mol. The summed E-state index contributed by atoms with van der Waals surface area (Å²) in [5.74, 6) is 0.0605. The highest BCUT2D eigenvalue weighted by atomic mass is 35.5. The summed E-state index contributed by atoms with van der Waals surface area (Å²) in [5, 5.41) is 0.851. The molecule has 0 aliphatic carbocycles. The van der Waals surface area contributed by atoms with E-state index >= 15 is 0 Å². The van der Waals surface area contributed by atoms with Crippen LogP contribution in [-0.4, -0.2) is 39.1 Å². The summed E-state index contributed by atoms with van der Waals surface area (Å²) < 4.78 is 55.1. The summed E-state index contributed by atoms with van der Waals surface area (Å²) in [6.07, 6.45) is 4.75. The molecule has 186 valence electrons. The summed E-state index contributed by atoms with van der Waals surface area (Å²) >= 11 is 6.34. The van der Waals surface area contributed by atoms with E-state index in [0.29, 0.717) is 30.0 Å². The maximum Gasteiger partial charge on any atom is 0.263 e. The van der Waals surface area contributed by atoms with Crippen molar-refractivity contribution in [2.45, 2.75) is 24.7 Å². The fourth-order valence-electron chi connectivity index (χ4n) is 4.23. The van der Waals surface area contributed by atoms with Crippen LogP contribution in [0.25, 0.3) is 22.2 Å². The molecular weight excluding hydrogens is 520 g/mol. The van der Waals surface area contributed by atoms with Crippen molar-refractivity contribution in [3.8, 4) is 11.3 Å². The van der Waals surface area contributed by atoms with E-state index in [4.69, 9.17) is 11.6 Å². The lowest BCUT2D eigenvalue weighted by molar-refractivity contribution is 0.574. The van der Waals surface area contributed by atoms with Gasteiger partial charge in [-0.15, -0.1) is 0 Å². The number of anilines is 2. The lowest BCUT2D eigenvalue weighted by Gasteiger charge is -2.28. The highest BCUT2D eigenvalue weighted by Gasteiger charge is 2.27. The van der Waals surface area contributed by atoms with Gasteiger partial charge in [-0.2, -0.15) is 0 Å². The van der Waals surface area contributed by atoms with Gasteiger partial charge < -0.3 is 0 Å². The van der Waals surface area contributed by atoms with Crippen molar-refractivity contribution in [1.82, 2.24) is 9.97 Å². The Kier molecular flexibility index (Phi) is 6.36. The number of pyridine rings is 2. The SMILES string of the molecule is Cc1ccc(NS(=O)(=O)c2ccc(N3CCCCS3(=O)=O)cc2Cl)cc1-c1ccc2cnccc2n1. The summed E-state index contributed by atoms with van der Waals surface area (Å²) in [7, 11) is -7.48. The Morgan fingerprint density at radius 2 is 1.86 bits per heavy atom. The molecule has 36 heavy (non-hydrogen) atoms. The number of halogens is 1. The molecule has 3 heterocycles. The molecule has 8 nitrogen and oxygen atoms in total. The first-order valence-electron chi connectivity index (χ1n) is 11.3. The maximum absolute atomic E-state index is 13.2. The van der Waals surface area contributed by atoms with Gasteiger partial charge >= 0.3 is 0 Å². The van der Waals surface area contributed by atoms with E-state index in [1.165, 1.54) is 22.5 Å². The van der Waals surface area contributed by atoms with Gasteiger partial charge in [0.25, 0.3) is 10.0 Å². The fraction of sp³-hybridized carbons (Fsp3) is 0.200. The van der Waals surface area contributed by atoms with E-state index < -0.39 is 20.0 Å². The van der Waals surface area contributed by atoms with Crippen molar-refractivity contribution < 1.29 is 16.8 Å². The Balaban J connectivity index is 1.45. The highest BCUT2D eigenvalue weighted by Crippen LogP contribution is 2.32. The van der Waals surface area contributed by atoms with Crippen LogP contribution in [0, 0.1) is 6.92 Å². The van der Waals surface area contributed by atoms with Crippen molar-refractivity contribution in [2.24, 2.45) is 0 Å². The van der Waals surface area contributed by atoms with Crippen LogP contribution in [0.15, 0.2) is 71.9 Å². The number of nitrogens with one attached hydrogen (secondary N) is 1. The number of sulfonamides is 2. The molecule has 2 aromatic heterocycles. The Morgan fingerprint density at radius 1 is 1.03 bits per heavy atom. The molecule has 0 spiro atoms. The van der Waals surface area contributed by atoms with Crippen molar-refractivity contribution in [3.63, 3.8) is 0 Å². The molecule has 1 saturated heterocycles. The minimum Gasteiger partial charge on any atom is -0.280 e. The molecule has 4 aromatic rings. The van der Waals surface area contributed by atoms with E-state index in [2.05, 4.69) is 14.7 Å². The van der Waals surface area contributed by atoms with Crippen LogP contribution >= 0.6 is 11.6 Å². The molecule has 1 aliphatic rings. The van der Waals surface area contributed by atoms with E-state index in [-0.39, 0.29) is 15.7 Å². The summed E-state index contributed by atoms with van der Waals surface area (Å²) in [5.41, 5.74) is 3.92. The molecule has 2 aromatic carbocycles. The molecule has 5 rings (SSSR count). The molecule has 1 aliphatic heterocycles. The van der Waals surface area contributed by atoms with Gasteiger partial charge in [0.1, 0.15) is 4.90 Å². The molecule has 1 fully saturated rings. The average Bonchev–Trinajstić information content (AvgIpc) is 2.84. The number of rotatable bonds is 5. The Bertz CT molecular complexity index is 1690. The van der Waals surface area contributed by atoms with Gasteiger partial charge in [-0.25, -0.2) is 21.8 Å². The number of aromatic nitrogens is 2. The first-order chi connectivity index (χ1) is 17.1. The monoisotopic (exact) mass is 542 g/mol. The molecule has 0 unspecified atom stereocenters. The van der Waals surface area contributed by atoms with Gasteiger partial charge in [0, 0.05) is 35.6 Å². The van der Waals surface area contributed by atoms with Crippen molar-refractivity contribution in [1.29, 1.82) is 0 Å². The van der Waals surface area contributed by atoms with Gasteiger partial charge in [-0.3, -0.25) is 14.0 Å². The quantitative estimate of drug-likeness (QED) is 0.380. The molecule has 0 radical (unpaired) electrons. The number of benzene rings is 2. The van der Waals surface area contributed by atoms with Crippen LogP contribution in [0.1, 0.15) is 18.4 Å². The molecule has 0 bridgehead atoms. The molecule has 0 amide bonds. The number of hydrogen-bond acceptors (Lipinski definition) is 6. The highest BCUT2D eigenvalue weighted by molar-refractivity contribution is 7.93. The van der Waals surface area contributed by atoms with Gasteiger partial charge in [-0.1, -0.05) is 17.7 Å². The number of hydrogen-bond donors (Lipinski definition) is 1. The maximum atomic E-state index is 13.2. The topological polar surface area (TPSA) is 109 Å². The second-order valence-corrected chi connectivity index (χ2v) is 12.7. The van der Waals surface area contributed by atoms with Gasteiger partial charge in [0.05, 0.1) is 27.7 Å². The number of aryl methyl sites for hydroxylation is 1. The lowest BCUT2D eigenvalue weighted by atomic mass is 10.0. The van der Waals surface area contributed by atoms with Crippen LogP contribution in [-0.2, 0) is 20.0 Å². The zero-order valence-electron chi connectivity index (χ0n) is 19.3. The number of nitrogens with zero attached hydrogens (tertiary/aromatic N) is 3. The summed E-state index contributed by atoms with van der Waals surface area (Å²) in [6, 6.07) is 15.0. The Labute approximate surface area is 215 Å².